The summed E-state index contributed by atoms with van der Waals surface area (Å²) in [5.74, 6) is 1.84. The first-order chi connectivity index (χ1) is 12.7. The van der Waals surface area contributed by atoms with E-state index in [1.807, 2.05) is 11.8 Å². The van der Waals surface area contributed by atoms with Gasteiger partial charge < -0.3 is 19.1 Å². The maximum absolute atomic E-state index is 12.4. The summed E-state index contributed by atoms with van der Waals surface area (Å²) < 4.78 is 5.02. The molecule has 0 aliphatic carbocycles. The average Bonchev–Trinajstić information content (AvgIpc) is 3.22. The lowest BCUT2D eigenvalue weighted by Crippen LogP contribution is -2.49. The Bertz CT molecular complexity index is 747. The van der Waals surface area contributed by atoms with Gasteiger partial charge in [0, 0.05) is 51.0 Å². The average molecular weight is 355 g/mol. The zero-order chi connectivity index (χ0) is 17.9. The number of piperidine rings is 1. The minimum absolute atomic E-state index is 0.0255. The molecule has 2 aliphatic rings. The predicted molar refractivity (Wildman–Crippen MR) is 99.7 cm³/mol. The molecular formula is C19H25N5O2. The molecule has 2 saturated heterocycles. The van der Waals surface area contributed by atoms with Crippen molar-refractivity contribution in [1.29, 1.82) is 0 Å². The minimum Gasteiger partial charge on any atom is -0.472 e. The van der Waals surface area contributed by atoms with Gasteiger partial charge in [-0.1, -0.05) is 0 Å². The number of rotatable bonds is 3. The van der Waals surface area contributed by atoms with E-state index in [1.165, 1.54) is 31.8 Å². The van der Waals surface area contributed by atoms with Gasteiger partial charge in [-0.25, -0.2) is 4.98 Å². The van der Waals surface area contributed by atoms with Crippen LogP contribution in [0.4, 0.5) is 11.8 Å². The number of aryl methyl sites for hydroxylation is 1. The van der Waals surface area contributed by atoms with E-state index in [4.69, 9.17) is 9.40 Å². The molecule has 4 rings (SSSR count). The molecule has 2 fully saturated rings. The van der Waals surface area contributed by atoms with Crippen molar-refractivity contribution >= 4 is 17.7 Å². The van der Waals surface area contributed by atoms with Crippen LogP contribution in [0.2, 0.25) is 0 Å². The maximum atomic E-state index is 12.4. The zero-order valence-corrected chi connectivity index (χ0v) is 15.2. The van der Waals surface area contributed by atoms with E-state index in [9.17, 15) is 4.79 Å². The molecule has 2 aromatic rings. The number of hydrogen-bond donors (Lipinski definition) is 0. The number of aromatic nitrogens is 2. The summed E-state index contributed by atoms with van der Waals surface area (Å²) in [6.07, 6.45) is 6.80. The molecule has 0 unspecified atom stereocenters. The topological polar surface area (TPSA) is 65.7 Å². The van der Waals surface area contributed by atoms with E-state index in [1.54, 1.807) is 6.07 Å². The normalized spacial score (nSPS) is 18.3. The first-order valence-corrected chi connectivity index (χ1v) is 9.38. The van der Waals surface area contributed by atoms with Gasteiger partial charge in [-0.2, -0.15) is 4.98 Å². The van der Waals surface area contributed by atoms with Gasteiger partial charge in [0.05, 0.1) is 11.8 Å². The molecule has 0 radical (unpaired) electrons. The number of amides is 1. The molecule has 4 heterocycles. The van der Waals surface area contributed by atoms with Crippen molar-refractivity contribution in [3.05, 3.63) is 35.9 Å². The van der Waals surface area contributed by atoms with Crippen LogP contribution >= 0.6 is 0 Å². The standard InChI is InChI=1S/C19H25N5O2/c1-15-13-17(22-6-3-2-4-7-22)21-19(20-15)24-10-8-23(9-11-24)18(25)16-5-12-26-14-16/h5,12-14H,2-4,6-11H2,1H3. The van der Waals surface area contributed by atoms with Gasteiger partial charge in [0.1, 0.15) is 12.1 Å². The molecule has 2 aromatic heterocycles. The van der Waals surface area contributed by atoms with E-state index in [2.05, 4.69) is 20.9 Å². The number of piperazine rings is 1. The lowest BCUT2D eigenvalue weighted by molar-refractivity contribution is 0.0745. The highest BCUT2D eigenvalue weighted by Gasteiger charge is 2.25. The molecule has 7 heteroatoms. The summed E-state index contributed by atoms with van der Waals surface area (Å²) in [6, 6.07) is 3.79. The lowest BCUT2D eigenvalue weighted by atomic mass is 10.1. The summed E-state index contributed by atoms with van der Waals surface area (Å²) in [7, 11) is 0. The fourth-order valence-corrected chi connectivity index (χ4v) is 3.64. The second kappa shape index (κ2) is 7.35. The van der Waals surface area contributed by atoms with Crippen molar-refractivity contribution in [2.75, 3.05) is 49.1 Å². The van der Waals surface area contributed by atoms with Crippen LogP contribution in [0.25, 0.3) is 0 Å². The van der Waals surface area contributed by atoms with E-state index in [-0.39, 0.29) is 5.91 Å². The quantitative estimate of drug-likeness (QED) is 0.842. The van der Waals surface area contributed by atoms with E-state index in [0.29, 0.717) is 18.7 Å². The summed E-state index contributed by atoms with van der Waals surface area (Å²) in [6.45, 7) is 6.99. The monoisotopic (exact) mass is 355 g/mol. The van der Waals surface area contributed by atoms with Gasteiger partial charge >= 0.3 is 0 Å². The smallest absolute Gasteiger partial charge is 0.257 e. The van der Waals surface area contributed by atoms with Gasteiger partial charge in [-0.3, -0.25) is 4.79 Å². The van der Waals surface area contributed by atoms with Crippen LogP contribution in [0.15, 0.2) is 29.1 Å². The number of nitrogens with zero attached hydrogens (tertiary/aromatic N) is 5. The van der Waals surface area contributed by atoms with Gasteiger partial charge in [0.2, 0.25) is 5.95 Å². The van der Waals surface area contributed by atoms with Crippen LogP contribution in [0, 0.1) is 6.92 Å². The van der Waals surface area contributed by atoms with Gasteiger partial charge in [0.25, 0.3) is 5.91 Å². The highest BCUT2D eigenvalue weighted by molar-refractivity contribution is 5.94. The Morgan fingerprint density at radius 3 is 2.46 bits per heavy atom. The Morgan fingerprint density at radius 2 is 1.77 bits per heavy atom. The maximum Gasteiger partial charge on any atom is 0.257 e. The van der Waals surface area contributed by atoms with Crippen LogP contribution < -0.4 is 9.80 Å². The highest BCUT2D eigenvalue weighted by atomic mass is 16.3. The van der Waals surface area contributed by atoms with E-state index < -0.39 is 0 Å². The van der Waals surface area contributed by atoms with Crippen LogP contribution in [0.1, 0.15) is 35.3 Å². The third-order valence-corrected chi connectivity index (χ3v) is 5.13. The fraction of sp³-hybridized carbons (Fsp3) is 0.526. The first-order valence-electron chi connectivity index (χ1n) is 9.38. The number of carbonyl (C=O) groups excluding carboxylic acids is 1. The van der Waals surface area contributed by atoms with Crippen LogP contribution in [0.5, 0.6) is 0 Å². The van der Waals surface area contributed by atoms with Crippen LogP contribution in [-0.4, -0.2) is 60.0 Å². The summed E-state index contributed by atoms with van der Waals surface area (Å²) in [4.78, 5) is 28.3. The highest BCUT2D eigenvalue weighted by Crippen LogP contribution is 2.22. The second-order valence-electron chi connectivity index (χ2n) is 7.01. The number of hydrogen-bond acceptors (Lipinski definition) is 6. The summed E-state index contributed by atoms with van der Waals surface area (Å²) >= 11 is 0. The lowest BCUT2D eigenvalue weighted by Gasteiger charge is -2.35. The van der Waals surface area contributed by atoms with E-state index in [0.717, 1.165) is 43.6 Å². The Labute approximate surface area is 153 Å². The van der Waals surface area contributed by atoms with Gasteiger partial charge in [-0.15, -0.1) is 0 Å². The molecule has 26 heavy (non-hydrogen) atoms. The third kappa shape index (κ3) is 3.52. The van der Waals surface area contributed by atoms with E-state index >= 15 is 0 Å². The number of furan rings is 1. The van der Waals surface area contributed by atoms with Crippen molar-refractivity contribution in [3.63, 3.8) is 0 Å². The fourth-order valence-electron chi connectivity index (χ4n) is 3.64. The molecule has 0 atom stereocenters. The Balaban J connectivity index is 1.44. The first kappa shape index (κ1) is 16.9. The number of anilines is 2. The second-order valence-corrected chi connectivity index (χ2v) is 7.01. The van der Waals surface area contributed by atoms with Crippen molar-refractivity contribution in [2.24, 2.45) is 0 Å². The SMILES string of the molecule is Cc1cc(N2CCCCC2)nc(N2CCN(C(=O)c3ccoc3)CC2)n1. The molecule has 2 aliphatic heterocycles. The minimum atomic E-state index is 0.0255. The van der Waals surface area contributed by atoms with Crippen molar-refractivity contribution < 1.29 is 9.21 Å². The van der Waals surface area contributed by atoms with Gasteiger partial charge in [-0.05, 0) is 32.3 Å². The molecule has 0 spiro atoms. The molecular weight excluding hydrogens is 330 g/mol. The largest absolute Gasteiger partial charge is 0.472 e. The number of carbonyl (C=O) groups is 1. The predicted octanol–water partition coefficient (Wildman–Crippen LogP) is 2.33. The Morgan fingerprint density at radius 1 is 1.00 bits per heavy atom. The Kier molecular flexibility index (Phi) is 4.77. The molecule has 0 bridgehead atoms. The Hall–Kier alpha value is -2.57. The molecule has 7 nitrogen and oxygen atoms in total. The summed E-state index contributed by atoms with van der Waals surface area (Å²) in [5, 5.41) is 0. The van der Waals surface area contributed by atoms with Gasteiger partial charge in [0.15, 0.2) is 0 Å². The molecule has 138 valence electrons. The van der Waals surface area contributed by atoms with Crippen LogP contribution in [-0.2, 0) is 0 Å². The molecule has 0 saturated carbocycles. The van der Waals surface area contributed by atoms with Crippen molar-refractivity contribution in [2.45, 2.75) is 26.2 Å². The molecule has 0 aromatic carbocycles. The summed E-state index contributed by atoms with van der Waals surface area (Å²) in [5.41, 5.74) is 1.60. The van der Waals surface area contributed by atoms with Crippen molar-refractivity contribution in [3.8, 4) is 0 Å². The third-order valence-electron chi connectivity index (χ3n) is 5.13. The van der Waals surface area contributed by atoms with Crippen LogP contribution in [0.3, 0.4) is 0 Å². The van der Waals surface area contributed by atoms with Crippen molar-refractivity contribution in [1.82, 2.24) is 14.9 Å². The zero-order valence-electron chi connectivity index (χ0n) is 15.2. The molecule has 1 amide bonds. The molecule has 0 N–H and O–H groups in total.